The zero-order chi connectivity index (χ0) is 17.5. The van der Waals surface area contributed by atoms with Gasteiger partial charge in [0.25, 0.3) is 0 Å². The fraction of sp³-hybridized carbons (Fsp3) is 0.556. The molecule has 0 saturated heterocycles. The van der Waals surface area contributed by atoms with Crippen molar-refractivity contribution in [2.75, 3.05) is 18.0 Å². The molecule has 2 N–H and O–H groups in total. The zero-order valence-electron chi connectivity index (χ0n) is 14.4. The first-order valence-corrected chi connectivity index (χ1v) is 8.02. The molecule has 23 heavy (non-hydrogen) atoms. The molecule has 0 aliphatic rings. The maximum absolute atomic E-state index is 12.4. The van der Waals surface area contributed by atoms with Crippen LogP contribution in [0.25, 0.3) is 0 Å². The summed E-state index contributed by atoms with van der Waals surface area (Å²) in [6.07, 6.45) is 0.114. The fourth-order valence-electron chi connectivity index (χ4n) is 2.09. The zero-order valence-corrected chi connectivity index (χ0v) is 14.4. The van der Waals surface area contributed by atoms with Crippen LogP contribution in [0, 0.1) is 17.2 Å². The van der Waals surface area contributed by atoms with Crippen LogP contribution in [-0.2, 0) is 4.79 Å². The van der Waals surface area contributed by atoms with Crippen molar-refractivity contribution in [1.82, 2.24) is 5.32 Å². The smallest absolute Gasteiger partial charge is 0.240 e. The molecule has 0 saturated carbocycles. The third kappa shape index (κ3) is 5.57. The van der Waals surface area contributed by atoms with Crippen LogP contribution in [0.4, 0.5) is 5.69 Å². The van der Waals surface area contributed by atoms with Crippen LogP contribution >= 0.6 is 0 Å². The van der Waals surface area contributed by atoms with Crippen molar-refractivity contribution in [2.24, 2.45) is 5.92 Å². The molecule has 0 radical (unpaired) electrons. The molecule has 1 aromatic carbocycles. The van der Waals surface area contributed by atoms with Crippen LogP contribution < -0.4 is 10.2 Å². The minimum atomic E-state index is -0.900. The summed E-state index contributed by atoms with van der Waals surface area (Å²) >= 11 is 0. The minimum absolute atomic E-state index is 0.00265. The number of amides is 1. The van der Waals surface area contributed by atoms with Gasteiger partial charge in [0.05, 0.1) is 18.7 Å². The molecule has 2 atom stereocenters. The Morgan fingerprint density at radius 1 is 1.39 bits per heavy atom. The molecule has 0 fully saturated rings. The molecule has 0 bridgehead atoms. The number of aliphatic hydroxyl groups is 1. The molecule has 5 heteroatoms. The van der Waals surface area contributed by atoms with Gasteiger partial charge in [-0.1, -0.05) is 39.0 Å². The Kier molecular flexibility index (Phi) is 7.05. The number of nitrogens with zero attached hydrogens (tertiary/aromatic N) is 2. The molecular weight excluding hydrogens is 290 g/mol. The molecule has 0 aromatic heterocycles. The minimum Gasteiger partial charge on any atom is -0.391 e. The molecule has 0 unspecified atom stereocenters. The lowest BCUT2D eigenvalue weighted by Gasteiger charge is -2.31. The summed E-state index contributed by atoms with van der Waals surface area (Å²) in [4.78, 5) is 14.2. The van der Waals surface area contributed by atoms with E-state index in [0.29, 0.717) is 13.0 Å². The van der Waals surface area contributed by atoms with E-state index < -0.39 is 11.6 Å². The van der Waals surface area contributed by atoms with Crippen LogP contribution in [0.15, 0.2) is 30.3 Å². The van der Waals surface area contributed by atoms with E-state index in [0.717, 1.165) is 5.69 Å². The summed E-state index contributed by atoms with van der Waals surface area (Å²) in [6.45, 7) is 7.91. The van der Waals surface area contributed by atoms with E-state index in [-0.39, 0.29) is 18.4 Å². The van der Waals surface area contributed by atoms with Gasteiger partial charge in [0, 0.05) is 12.2 Å². The summed E-state index contributed by atoms with van der Waals surface area (Å²) < 4.78 is 0. The number of hydrogen-bond donors (Lipinski definition) is 2. The molecule has 1 amide bonds. The van der Waals surface area contributed by atoms with Crippen LogP contribution in [-0.4, -0.2) is 35.7 Å². The second-order valence-electron chi connectivity index (χ2n) is 6.30. The van der Waals surface area contributed by atoms with E-state index in [2.05, 4.69) is 11.4 Å². The van der Waals surface area contributed by atoms with Crippen LogP contribution in [0.3, 0.4) is 0 Å². The van der Waals surface area contributed by atoms with Gasteiger partial charge in [0.1, 0.15) is 5.54 Å². The highest BCUT2D eigenvalue weighted by Crippen LogP contribution is 2.17. The van der Waals surface area contributed by atoms with Gasteiger partial charge in [-0.05, 0) is 31.4 Å². The van der Waals surface area contributed by atoms with Gasteiger partial charge in [0.2, 0.25) is 5.91 Å². The second kappa shape index (κ2) is 8.54. The quantitative estimate of drug-likeness (QED) is 0.771. The normalized spacial score (nSPS) is 14.7. The SMILES string of the molecule is CC[C@@H](O)CN(CC(=O)N[C@](C)(C#N)C(C)C)c1ccccc1. The van der Waals surface area contributed by atoms with Crippen molar-refractivity contribution in [3.63, 3.8) is 0 Å². The largest absolute Gasteiger partial charge is 0.391 e. The Morgan fingerprint density at radius 3 is 2.48 bits per heavy atom. The third-order valence-electron chi connectivity index (χ3n) is 4.14. The molecule has 0 spiro atoms. The summed E-state index contributed by atoms with van der Waals surface area (Å²) in [5, 5.41) is 22.1. The number of carbonyl (C=O) groups excluding carboxylic acids is 1. The highest BCUT2D eigenvalue weighted by Gasteiger charge is 2.30. The molecule has 0 aliphatic heterocycles. The molecule has 126 valence electrons. The number of carbonyl (C=O) groups is 1. The van der Waals surface area contributed by atoms with E-state index >= 15 is 0 Å². The van der Waals surface area contributed by atoms with Gasteiger partial charge in [0.15, 0.2) is 0 Å². The fourth-order valence-corrected chi connectivity index (χ4v) is 2.09. The summed E-state index contributed by atoms with van der Waals surface area (Å²) in [5.74, 6) is -0.224. The first-order valence-electron chi connectivity index (χ1n) is 8.02. The van der Waals surface area contributed by atoms with Crippen molar-refractivity contribution in [1.29, 1.82) is 5.26 Å². The number of rotatable bonds is 8. The number of nitrogens with one attached hydrogen (secondary N) is 1. The number of hydrogen-bond acceptors (Lipinski definition) is 4. The van der Waals surface area contributed by atoms with E-state index in [9.17, 15) is 15.2 Å². The second-order valence-corrected chi connectivity index (χ2v) is 6.30. The lowest BCUT2D eigenvalue weighted by atomic mass is 9.90. The number of anilines is 1. The van der Waals surface area contributed by atoms with Crippen LogP contribution in [0.2, 0.25) is 0 Å². The maximum Gasteiger partial charge on any atom is 0.240 e. The van der Waals surface area contributed by atoms with Gasteiger partial charge >= 0.3 is 0 Å². The van der Waals surface area contributed by atoms with Gasteiger partial charge in [-0.15, -0.1) is 0 Å². The van der Waals surface area contributed by atoms with Gasteiger partial charge in [-0.2, -0.15) is 5.26 Å². The highest BCUT2D eigenvalue weighted by molar-refractivity contribution is 5.82. The maximum atomic E-state index is 12.4. The van der Waals surface area contributed by atoms with Crippen molar-refractivity contribution in [3.8, 4) is 6.07 Å². The monoisotopic (exact) mass is 317 g/mol. The summed E-state index contributed by atoms with van der Waals surface area (Å²) in [5.41, 5.74) is -0.0265. The van der Waals surface area contributed by atoms with E-state index in [4.69, 9.17) is 0 Å². The van der Waals surface area contributed by atoms with Crippen LogP contribution in [0.1, 0.15) is 34.1 Å². The Hall–Kier alpha value is -2.06. The van der Waals surface area contributed by atoms with Crippen molar-refractivity contribution in [3.05, 3.63) is 30.3 Å². The van der Waals surface area contributed by atoms with Gasteiger partial charge in [-0.25, -0.2) is 0 Å². The predicted molar refractivity (Wildman–Crippen MR) is 92.0 cm³/mol. The molecule has 1 rings (SSSR count). The van der Waals surface area contributed by atoms with Gasteiger partial charge < -0.3 is 15.3 Å². The first-order chi connectivity index (χ1) is 10.8. The van der Waals surface area contributed by atoms with E-state index in [1.807, 2.05) is 56.0 Å². The molecule has 5 nitrogen and oxygen atoms in total. The number of aliphatic hydroxyl groups excluding tert-OH is 1. The van der Waals surface area contributed by atoms with E-state index in [1.165, 1.54) is 0 Å². The number of benzene rings is 1. The van der Waals surface area contributed by atoms with Crippen LogP contribution in [0.5, 0.6) is 0 Å². The summed E-state index contributed by atoms with van der Waals surface area (Å²) in [6, 6.07) is 11.7. The van der Waals surface area contributed by atoms with Crippen molar-refractivity contribution < 1.29 is 9.90 Å². The summed E-state index contributed by atoms with van der Waals surface area (Å²) in [7, 11) is 0. The lowest BCUT2D eigenvalue weighted by Crippen LogP contribution is -2.52. The Bertz CT molecular complexity index is 539. The predicted octanol–water partition coefficient (Wildman–Crippen LogP) is 2.32. The molecule has 0 heterocycles. The van der Waals surface area contributed by atoms with E-state index in [1.54, 1.807) is 6.92 Å². The Balaban J connectivity index is 2.85. The lowest BCUT2D eigenvalue weighted by molar-refractivity contribution is -0.121. The first kappa shape index (κ1) is 19.0. The molecule has 1 aromatic rings. The molecule has 0 aliphatic carbocycles. The standard InChI is InChI=1S/C18H27N3O2/c1-5-16(22)11-21(15-9-7-6-8-10-15)12-17(23)20-18(4,13-19)14(2)3/h6-10,14,16,22H,5,11-12H2,1-4H3,(H,20,23)/t16-,18-/m1/s1. The third-order valence-corrected chi connectivity index (χ3v) is 4.14. The number of para-hydroxylation sites is 1. The van der Waals surface area contributed by atoms with Crippen molar-refractivity contribution >= 4 is 11.6 Å². The topological polar surface area (TPSA) is 76.4 Å². The highest BCUT2D eigenvalue weighted by atomic mass is 16.3. The number of nitriles is 1. The van der Waals surface area contributed by atoms with Gasteiger partial charge in [-0.3, -0.25) is 4.79 Å². The molecular formula is C18H27N3O2. The average Bonchev–Trinajstić information content (AvgIpc) is 2.54. The van der Waals surface area contributed by atoms with Crippen molar-refractivity contribution in [2.45, 2.75) is 45.8 Å². The Morgan fingerprint density at radius 2 is 2.00 bits per heavy atom. The Labute approximate surface area is 138 Å². The average molecular weight is 317 g/mol.